The van der Waals surface area contributed by atoms with Crippen LogP contribution in [-0.4, -0.2) is 5.78 Å². The van der Waals surface area contributed by atoms with Crippen LogP contribution in [-0.2, 0) is 4.79 Å². The molecule has 0 heterocycles. The van der Waals surface area contributed by atoms with Crippen LogP contribution in [0.1, 0.15) is 86.5 Å². The minimum atomic E-state index is 0.106. The van der Waals surface area contributed by atoms with Gasteiger partial charge in [-0.3, -0.25) is 4.79 Å². The van der Waals surface area contributed by atoms with Gasteiger partial charge in [0, 0.05) is 11.8 Å². The fourth-order valence-electron chi connectivity index (χ4n) is 7.50. The second kappa shape index (κ2) is 7.95. The van der Waals surface area contributed by atoms with Crippen LogP contribution in [0.3, 0.4) is 0 Å². The Kier molecular flexibility index (Phi) is 5.79. The number of carbonyl (C=O) groups excluding carboxylic acids is 1. The Balaban J connectivity index is 1.59. The summed E-state index contributed by atoms with van der Waals surface area (Å²) in [5, 5.41) is 0. The van der Waals surface area contributed by atoms with E-state index in [0.717, 1.165) is 18.3 Å². The molecule has 0 unspecified atom stereocenters. The zero-order valence-electron chi connectivity index (χ0n) is 20.1. The molecule has 30 heavy (non-hydrogen) atoms. The van der Waals surface area contributed by atoms with Crippen molar-refractivity contribution < 1.29 is 4.79 Å². The van der Waals surface area contributed by atoms with E-state index in [2.05, 4.69) is 65.8 Å². The van der Waals surface area contributed by atoms with Crippen molar-refractivity contribution in [2.45, 2.75) is 86.5 Å². The van der Waals surface area contributed by atoms with Gasteiger partial charge < -0.3 is 0 Å². The Hall–Kier alpha value is -1.37. The van der Waals surface area contributed by atoms with Crippen LogP contribution in [0.2, 0.25) is 0 Å². The molecule has 6 atom stereocenters. The molecule has 1 heteroatoms. The van der Waals surface area contributed by atoms with Crippen molar-refractivity contribution in [2.75, 3.05) is 0 Å². The van der Waals surface area contributed by atoms with Crippen molar-refractivity contribution in [1.82, 2.24) is 0 Å². The maximum absolute atomic E-state index is 12.0. The molecule has 1 nitrogen and oxygen atoms in total. The summed E-state index contributed by atoms with van der Waals surface area (Å²) < 4.78 is 0. The Bertz CT molecular complexity index is 821. The lowest BCUT2D eigenvalue weighted by Gasteiger charge is -2.50. The number of allylic oxidation sites excluding steroid dienone is 8. The topological polar surface area (TPSA) is 17.1 Å². The summed E-state index contributed by atoms with van der Waals surface area (Å²) in [7, 11) is 0. The van der Waals surface area contributed by atoms with E-state index < -0.39 is 0 Å². The van der Waals surface area contributed by atoms with Gasteiger partial charge in [0.1, 0.15) is 0 Å². The van der Waals surface area contributed by atoms with Gasteiger partial charge in [-0.15, -0.1) is 0 Å². The minimum Gasteiger partial charge on any atom is -0.295 e. The smallest absolute Gasteiger partial charge is 0.156 e. The summed E-state index contributed by atoms with van der Waals surface area (Å²) in [5.41, 5.74) is 5.10. The van der Waals surface area contributed by atoms with E-state index in [9.17, 15) is 4.79 Å². The maximum atomic E-state index is 12.0. The SMILES string of the molecule is CC[C@H](C=C[C@@H](C)[C@H]1CC[C@H]2C3=C(CC[C@]12C)[C@@]1(C)CCC(=O)C=C1C=C3)C(C)C. The standard InChI is InChI=1S/C29H42O/c1-7-21(19(2)3)9-8-20(4)25-12-13-26-24-11-10-22-18-23(30)14-16-28(22,5)27(24)15-17-29(25,26)6/h8-11,18-21,25-26H,7,12-17H2,1-6H3/t20-,21-,25-,26+,28+,29-/m1/s1. The summed E-state index contributed by atoms with van der Waals surface area (Å²) in [6.45, 7) is 14.5. The molecule has 0 aromatic heterocycles. The van der Waals surface area contributed by atoms with Crippen molar-refractivity contribution in [3.63, 3.8) is 0 Å². The summed E-state index contributed by atoms with van der Waals surface area (Å²) >= 11 is 0. The van der Waals surface area contributed by atoms with Gasteiger partial charge in [0.05, 0.1) is 0 Å². The van der Waals surface area contributed by atoms with E-state index in [1.54, 1.807) is 11.1 Å². The number of carbonyl (C=O) groups is 1. The average molecular weight is 407 g/mol. The highest BCUT2D eigenvalue weighted by Gasteiger charge is 2.53. The summed E-state index contributed by atoms with van der Waals surface area (Å²) in [6.07, 6.45) is 19.9. The number of ketones is 1. The quantitative estimate of drug-likeness (QED) is 0.425. The highest BCUT2D eigenvalue weighted by Crippen LogP contribution is 2.63. The first-order chi connectivity index (χ1) is 14.2. The second-order valence-corrected chi connectivity index (χ2v) is 11.5. The van der Waals surface area contributed by atoms with Crippen LogP contribution in [0.25, 0.3) is 0 Å². The lowest BCUT2D eigenvalue weighted by Crippen LogP contribution is -2.40. The van der Waals surface area contributed by atoms with Crippen LogP contribution < -0.4 is 0 Å². The Morgan fingerprint density at radius 2 is 1.83 bits per heavy atom. The molecule has 0 bridgehead atoms. The van der Waals surface area contributed by atoms with Crippen molar-refractivity contribution in [3.05, 3.63) is 47.1 Å². The van der Waals surface area contributed by atoms with E-state index in [-0.39, 0.29) is 5.41 Å². The molecule has 0 aromatic carbocycles. The molecule has 0 aliphatic heterocycles. The van der Waals surface area contributed by atoms with E-state index in [1.807, 2.05) is 6.08 Å². The largest absolute Gasteiger partial charge is 0.295 e. The highest BCUT2D eigenvalue weighted by atomic mass is 16.1. The fourth-order valence-corrected chi connectivity index (χ4v) is 7.50. The molecule has 0 saturated heterocycles. The van der Waals surface area contributed by atoms with Crippen LogP contribution in [0, 0.1) is 40.4 Å². The fraction of sp³-hybridized carbons (Fsp3) is 0.690. The predicted octanol–water partition coefficient (Wildman–Crippen LogP) is 7.85. The Morgan fingerprint density at radius 3 is 2.53 bits per heavy atom. The molecule has 0 amide bonds. The summed E-state index contributed by atoms with van der Waals surface area (Å²) in [4.78, 5) is 12.0. The third-order valence-electron chi connectivity index (χ3n) is 9.60. The molecular weight excluding hydrogens is 364 g/mol. The highest BCUT2D eigenvalue weighted by molar-refractivity contribution is 5.92. The monoisotopic (exact) mass is 406 g/mol. The van der Waals surface area contributed by atoms with Gasteiger partial charge in [0.15, 0.2) is 5.78 Å². The number of fused-ring (bicyclic) bond motifs is 4. The molecule has 4 aliphatic carbocycles. The van der Waals surface area contributed by atoms with Crippen LogP contribution in [0.15, 0.2) is 47.1 Å². The van der Waals surface area contributed by atoms with Gasteiger partial charge in [-0.1, -0.05) is 71.4 Å². The van der Waals surface area contributed by atoms with Crippen LogP contribution in [0.4, 0.5) is 0 Å². The first-order valence-corrected chi connectivity index (χ1v) is 12.6. The minimum absolute atomic E-state index is 0.106. The molecule has 1 fully saturated rings. The molecule has 0 N–H and O–H groups in total. The Labute approximate surface area is 184 Å². The first kappa shape index (κ1) is 21.8. The van der Waals surface area contributed by atoms with Gasteiger partial charge in [-0.25, -0.2) is 0 Å². The lowest BCUT2D eigenvalue weighted by atomic mass is 9.54. The van der Waals surface area contributed by atoms with Crippen molar-refractivity contribution in [1.29, 1.82) is 0 Å². The Morgan fingerprint density at radius 1 is 1.07 bits per heavy atom. The van der Waals surface area contributed by atoms with Crippen molar-refractivity contribution >= 4 is 5.78 Å². The van der Waals surface area contributed by atoms with E-state index in [4.69, 9.17) is 0 Å². The number of hydrogen-bond acceptors (Lipinski definition) is 1. The van der Waals surface area contributed by atoms with Crippen LogP contribution in [0.5, 0.6) is 0 Å². The molecule has 0 radical (unpaired) electrons. The average Bonchev–Trinajstić information content (AvgIpc) is 3.06. The molecule has 4 aliphatic rings. The second-order valence-electron chi connectivity index (χ2n) is 11.5. The van der Waals surface area contributed by atoms with Gasteiger partial charge in [0.2, 0.25) is 0 Å². The third kappa shape index (κ3) is 3.41. The predicted molar refractivity (Wildman–Crippen MR) is 127 cm³/mol. The van der Waals surface area contributed by atoms with Crippen LogP contribution >= 0.6 is 0 Å². The van der Waals surface area contributed by atoms with Gasteiger partial charge >= 0.3 is 0 Å². The van der Waals surface area contributed by atoms with Crippen molar-refractivity contribution in [3.8, 4) is 0 Å². The van der Waals surface area contributed by atoms with Gasteiger partial charge in [-0.05, 0) is 90.8 Å². The summed E-state index contributed by atoms with van der Waals surface area (Å²) in [6, 6.07) is 0. The first-order valence-electron chi connectivity index (χ1n) is 12.6. The van der Waals surface area contributed by atoms with E-state index >= 15 is 0 Å². The van der Waals surface area contributed by atoms with Gasteiger partial charge in [-0.2, -0.15) is 0 Å². The molecule has 0 aromatic rings. The summed E-state index contributed by atoms with van der Waals surface area (Å²) in [5.74, 6) is 3.88. The molecule has 164 valence electrons. The zero-order valence-corrected chi connectivity index (χ0v) is 20.1. The lowest BCUT2D eigenvalue weighted by molar-refractivity contribution is -0.115. The molecule has 4 rings (SSSR count). The third-order valence-corrected chi connectivity index (χ3v) is 9.60. The normalized spacial score (nSPS) is 37.8. The maximum Gasteiger partial charge on any atom is 0.156 e. The molecular formula is C29H42O. The van der Waals surface area contributed by atoms with E-state index in [0.29, 0.717) is 35.4 Å². The zero-order chi connectivity index (χ0) is 21.7. The number of rotatable bonds is 5. The van der Waals surface area contributed by atoms with Gasteiger partial charge in [0.25, 0.3) is 0 Å². The molecule has 1 saturated carbocycles. The number of hydrogen-bond donors (Lipinski definition) is 0. The van der Waals surface area contributed by atoms with E-state index in [1.165, 1.54) is 37.7 Å². The molecule has 0 spiro atoms. The van der Waals surface area contributed by atoms with Crippen molar-refractivity contribution in [2.24, 2.45) is 40.4 Å².